The predicted molar refractivity (Wildman–Crippen MR) is 107 cm³/mol. The molecule has 5 nitrogen and oxygen atoms in total. The molecule has 136 valence electrons. The molecule has 0 fully saturated rings. The molecule has 2 aromatic rings. The van der Waals surface area contributed by atoms with Crippen LogP contribution in [0.1, 0.15) is 18.1 Å². The first-order valence-electron chi connectivity index (χ1n) is 8.82. The number of carbonyl (C=O) groups is 1. The van der Waals surface area contributed by atoms with Crippen LogP contribution < -0.4 is 15.5 Å². The monoisotopic (exact) mass is 370 g/mol. The van der Waals surface area contributed by atoms with E-state index in [1.807, 2.05) is 54.3 Å². The number of carbonyl (C=O) groups excluding carboxylic acids is 1. The fraction of sp³-hybridized carbons (Fsp3) is 0.300. The minimum absolute atomic E-state index is 0.0447. The highest BCUT2D eigenvalue weighted by atomic mass is 35.5. The van der Waals surface area contributed by atoms with Gasteiger partial charge in [0, 0.05) is 23.8 Å². The van der Waals surface area contributed by atoms with E-state index in [1.165, 1.54) is 5.56 Å². The molecular formula is C20H23ClN4O. The Morgan fingerprint density at radius 2 is 2.04 bits per heavy atom. The number of guanidine groups is 1. The van der Waals surface area contributed by atoms with Crippen LogP contribution in [-0.4, -0.2) is 31.5 Å². The number of hydrogen-bond donors (Lipinski definition) is 2. The van der Waals surface area contributed by atoms with Gasteiger partial charge in [0.25, 0.3) is 0 Å². The number of aliphatic imine (C=N–C) groups is 1. The van der Waals surface area contributed by atoms with Gasteiger partial charge in [-0.25, -0.2) is 4.99 Å². The van der Waals surface area contributed by atoms with Gasteiger partial charge in [0.2, 0.25) is 5.91 Å². The standard InChI is InChI=1S/C20H23ClN4O/c1-2-22-20(23-13-15-6-5-8-17(21)12-15)24-14-19(26)25-11-10-16-7-3-4-9-18(16)25/h3-9,12H,2,10-11,13-14H2,1H3,(H2,22,23,24). The van der Waals surface area contributed by atoms with Crippen molar-refractivity contribution in [3.8, 4) is 0 Å². The molecule has 1 aliphatic rings. The number of amides is 1. The Kier molecular flexibility index (Phi) is 6.12. The van der Waals surface area contributed by atoms with Crippen molar-refractivity contribution in [3.05, 3.63) is 64.7 Å². The van der Waals surface area contributed by atoms with Crippen molar-refractivity contribution in [2.24, 2.45) is 4.99 Å². The Labute approximate surface area is 159 Å². The third-order valence-electron chi connectivity index (χ3n) is 4.25. The lowest BCUT2D eigenvalue weighted by atomic mass is 10.2. The van der Waals surface area contributed by atoms with E-state index >= 15 is 0 Å². The number of para-hydroxylation sites is 1. The van der Waals surface area contributed by atoms with Gasteiger partial charge in [0.15, 0.2) is 5.96 Å². The van der Waals surface area contributed by atoms with E-state index < -0.39 is 0 Å². The third-order valence-corrected chi connectivity index (χ3v) is 4.48. The molecule has 0 saturated heterocycles. The molecule has 0 aromatic heterocycles. The number of halogens is 1. The lowest BCUT2D eigenvalue weighted by Crippen LogP contribution is -2.44. The number of rotatable bonds is 5. The molecule has 2 N–H and O–H groups in total. The quantitative estimate of drug-likeness (QED) is 0.628. The number of anilines is 1. The van der Waals surface area contributed by atoms with Crippen LogP contribution in [0, 0.1) is 0 Å². The molecule has 1 aliphatic heterocycles. The Morgan fingerprint density at radius 3 is 2.85 bits per heavy atom. The van der Waals surface area contributed by atoms with E-state index in [1.54, 1.807) is 0 Å². The Bertz CT molecular complexity index is 806. The summed E-state index contributed by atoms with van der Waals surface area (Å²) < 4.78 is 0. The largest absolute Gasteiger partial charge is 0.357 e. The maximum Gasteiger partial charge on any atom is 0.246 e. The molecule has 0 aliphatic carbocycles. The summed E-state index contributed by atoms with van der Waals surface area (Å²) in [6.07, 6.45) is 0.908. The van der Waals surface area contributed by atoms with Crippen LogP contribution in [0.25, 0.3) is 0 Å². The van der Waals surface area contributed by atoms with E-state index in [2.05, 4.69) is 21.7 Å². The molecular weight excluding hydrogens is 348 g/mol. The zero-order valence-electron chi connectivity index (χ0n) is 14.8. The van der Waals surface area contributed by atoms with Gasteiger partial charge >= 0.3 is 0 Å². The molecule has 0 atom stereocenters. The number of nitrogens with zero attached hydrogens (tertiary/aromatic N) is 2. The van der Waals surface area contributed by atoms with E-state index in [4.69, 9.17) is 11.6 Å². The molecule has 0 bridgehead atoms. The molecule has 1 amide bonds. The summed E-state index contributed by atoms with van der Waals surface area (Å²) in [5, 5.41) is 6.99. The van der Waals surface area contributed by atoms with Gasteiger partial charge < -0.3 is 15.5 Å². The van der Waals surface area contributed by atoms with Crippen LogP contribution in [-0.2, 0) is 17.8 Å². The summed E-state index contributed by atoms with van der Waals surface area (Å²) in [7, 11) is 0. The van der Waals surface area contributed by atoms with Gasteiger partial charge in [-0.05, 0) is 42.7 Å². The summed E-state index contributed by atoms with van der Waals surface area (Å²) in [6, 6.07) is 15.7. The second-order valence-electron chi connectivity index (χ2n) is 6.10. The SMILES string of the molecule is CCNC(=NCc1cccc(Cl)c1)NCC(=O)N1CCc2ccccc21. The maximum absolute atomic E-state index is 12.6. The summed E-state index contributed by atoms with van der Waals surface area (Å²) in [6.45, 7) is 4.15. The van der Waals surface area contributed by atoms with Crippen molar-refractivity contribution in [2.75, 3.05) is 24.5 Å². The zero-order valence-corrected chi connectivity index (χ0v) is 15.6. The van der Waals surface area contributed by atoms with Gasteiger partial charge in [0.05, 0.1) is 13.1 Å². The van der Waals surface area contributed by atoms with E-state index in [0.717, 1.165) is 30.8 Å². The molecule has 6 heteroatoms. The first kappa shape index (κ1) is 18.3. The Hall–Kier alpha value is -2.53. The summed E-state index contributed by atoms with van der Waals surface area (Å²) in [5.41, 5.74) is 3.26. The fourth-order valence-electron chi connectivity index (χ4n) is 3.00. The van der Waals surface area contributed by atoms with Crippen molar-refractivity contribution < 1.29 is 4.79 Å². The van der Waals surface area contributed by atoms with Gasteiger partial charge in [0.1, 0.15) is 0 Å². The third kappa shape index (κ3) is 4.55. The molecule has 0 saturated carbocycles. The molecule has 0 unspecified atom stereocenters. The molecule has 3 rings (SSSR count). The highest BCUT2D eigenvalue weighted by Gasteiger charge is 2.23. The minimum atomic E-state index is 0.0447. The lowest BCUT2D eigenvalue weighted by molar-refractivity contribution is -0.117. The maximum atomic E-state index is 12.6. The summed E-state index contributed by atoms with van der Waals surface area (Å²) >= 11 is 6.01. The van der Waals surface area contributed by atoms with Crippen molar-refractivity contribution in [1.82, 2.24) is 10.6 Å². The second-order valence-corrected chi connectivity index (χ2v) is 6.54. The van der Waals surface area contributed by atoms with Crippen molar-refractivity contribution in [2.45, 2.75) is 19.9 Å². The average Bonchev–Trinajstić information content (AvgIpc) is 3.08. The van der Waals surface area contributed by atoms with Gasteiger partial charge in [-0.1, -0.05) is 41.9 Å². The van der Waals surface area contributed by atoms with Crippen LogP contribution in [0.15, 0.2) is 53.5 Å². The van der Waals surface area contributed by atoms with Crippen LogP contribution in [0.5, 0.6) is 0 Å². The van der Waals surface area contributed by atoms with Crippen LogP contribution in [0.4, 0.5) is 5.69 Å². The highest BCUT2D eigenvalue weighted by Crippen LogP contribution is 2.27. The number of benzene rings is 2. The van der Waals surface area contributed by atoms with Gasteiger partial charge in [-0.3, -0.25) is 4.79 Å². The number of nitrogens with one attached hydrogen (secondary N) is 2. The molecule has 0 spiro atoms. The molecule has 0 radical (unpaired) electrons. The lowest BCUT2D eigenvalue weighted by Gasteiger charge is -2.18. The van der Waals surface area contributed by atoms with Crippen LogP contribution >= 0.6 is 11.6 Å². The van der Waals surface area contributed by atoms with E-state index in [-0.39, 0.29) is 12.5 Å². The summed E-state index contributed by atoms with van der Waals surface area (Å²) in [4.78, 5) is 19.0. The molecule has 26 heavy (non-hydrogen) atoms. The fourth-order valence-corrected chi connectivity index (χ4v) is 3.21. The van der Waals surface area contributed by atoms with Gasteiger partial charge in [-0.15, -0.1) is 0 Å². The van der Waals surface area contributed by atoms with E-state index in [0.29, 0.717) is 17.5 Å². The normalized spacial score (nSPS) is 13.5. The Balaban J connectivity index is 1.60. The van der Waals surface area contributed by atoms with Crippen molar-refractivity contribution in [3.63, 3.8) is 0 Å². The van der Waals surface area contributed by atoms with Gasteiger partial charge in [-0.2, -0.15) is 0 Å². The van der Waals surface area contributed by atoms with E-state index in [9.17, 15) is 4.79 Å². The topological polar surface area (TPSA) is 56.7 Å². The first-order valence-corrected chi connectivity index (χ1v) is 9.20. The zero-order chi connectivity index (χ0) is 18.4. The Morgan fingerprint density at radius 1 is 1.19 bits per heavy atom. The smallest absolute Gasteiger partial charge is 0.246 e. The minimum Gasteiger partial charge on any atom is -0.357 e. The predicted octanol–water partition coefficient (Wildman–Crippen LogP) is 2.98. The first-order chi connectivity index (χ1) is 12.7. The highest BCUT2D eigenvalue weighted by molar-refractivity contribution is 6.30. The second kappa shape index (κ2) is 8.72. The molecule has 1 heterocycles. The number of hydrogen-bond acceptors (Lipinski definition) is 2. The molecule has 2 aromatic carbocycles. The van der Waals surface area contributed by atoms with Crippen LogP contribution in [0.3, 0.4) is 0 Å². The van der Waals surface area contributed by atoms with Crippen molar-refractivity contribution in [1.29, 1.82) is 0 Å². The van der Waals surface area contributed by atoms with Crippen molar-refractivity contribution >= 4 is 29.2 Å². The summed E-state index contributed by atoms with van der Waals surface area (Å²) in [5.74, 6) is 0.664. The number of fused-ring (bicyclic) bond motifs is 1. The average molecular weight is 371 g/mol. The van der Waals surface area contributed by atoms with Crippen LogP contribution in [0.2, 0.25) is 5.02 Å².